The number of amides is 1. The van der Waals surface area contributed by atoms with Gasteiger partial charge >= 0.3 is 0 Å². The van der Waals surface area contributed by atoms with E-state index >= 15 is 0 Å². The maximum absolute atomic E-state index is 12.0. The summed E-state index contributed by atoms with van der Waals surface area (Å²) in [5.41, 5.74) is 0.568. The molecule has 2 aromatic rings. The van der Waals surface area contributed by atoms with Gasteiger partial charge in [0.1, 0.15) is 4.90 Å². The normalized spacial score (nSPS) is 13.2. The van der Waals surface area contributed by atoms with Crippen molar-refractivity contribution in [2.24, 2.45) is 0 Å². The number of nitrogens with zero attached hydrogens (tertiary/aromatic N) is 1. The Hall–Kier alpha value is -2.58. The third kappa shape index (κ3) is 3.50. The molecule has 0 saturated heterocycles. The van der Waals surface area contributed by atoms with Crippen LogP contribution in [-0.2, 0) is 14.8 Å². The molecule has 0 saturated carbocycles. The van der Waals surface area contributed by atoms with Crippen molar-refractivity contribution in [3.05, 3.63) is 53.3 Å². The Bertz CT molecular complexity index is 913. The van der Waals surface area contributed by atoms with Crippen LogP contribution in [0.15, 0.2) is 47.6 Å². The second kappa shape index (κ2) is 6.50. The van der Waals surface area contributed by atoms with E-state index in [2.05, 4.69) is 4.98 Å². The monoisotopic (exact) mass is 366 g/mol. The summed E-state index contributed by atoms with van der Waals surface area (Å²) in [5.74, 6) is 0.107. The highest BCUT2D eigenvalue weighted by molar-refractivity contribution is 7.90. The summed E-state index contributed by atoms with van der Waals surface area (Å²) in [5, 5.41) is 0.341. The Kier molecular flexibility index (Phi) is 4.41. The van der Waals surface area contributed by atoms with Gasteiger partial charge in [-0.15, -0.1) is 0 Å². The predicted octanol–water partition coefficient (Wildman–Crippen LogP) is 1.98. The average Bonchev–Trinajstić information content (AvgIpc) is 3.02. The van der Waals surface area contributed by atoms with Crippen LogP contribution < -0.4 is 14.2 Å². The minimum absolute atomic E-state index is 0.0755. The molecule has 0 aliphatic carbocycles. The van der Waals surface area contributed by atoms with Crippen molar-refractivity contribution in [2.45, 2.75) is 4.90 Å². The summed E-state index contributed by atoms with van der Waals surface area (Å²) in [6.45, 7) is 0.0755. The number of fused-ring (bicyclic) bond motifs is 1. The molecule has 1 aromatic carbocycles. The van der Waals surface area contributed by atoms with Crippen molar-refractivity contribution in [2.75, 3.05) is 6.79 Å². The summed E-state index contributed by atoms with van der Waals surface area (Å²) >= 11 is 6.03. The summed E-state index contributed by atoms with van der Waals surface area (Å²) in [6, 6.07) is 6.01. The van der Waals surface area contributed by atoms with Crippen LogP contribution in [0.2, 0.25) is 5.02 Å². The van der Waals surface area contributed by atoms with E-state index in [-0.39, 0.29) is 11.7 Å². The zero-order valence-electron chi connectivity index (χ0n) is 12.1. The Morgan fingerprint density at radius 1 is 1.33 bits per heavy atom. The highest BCUT2D eigenvalue weighted by atomic mass is 35.5. The second-order valence-electron chi connectivity index (χ2n) is 4.73. The zero-order valence-corrected chi connectivity index (χ0v) is 13.7. The maximum Gasteiger partial charge on any atom is 0.265 e. The van der Waals surface area contributed by atoms with E-state index in [1.165, 1.54) is 24.4 Å². The SMILES string of the molecule is O=C(C=Cc1cc(Cl)c2c(c1)OCO2)NS(=O)(=O)c1cccnc1. The summed E-state index contributed by atoms with van der Waals surface area (Å²) < 4.78 is 36.3. The molecule has 0 atom stereocenters. The van der Waals surface area contributed by atoms with Crippen molar-refractivity contribution in [1.82, 2.24) is 9.71 Å². The molecule has 0 spiro atoms. The van der Waals surface area contributed by atoms with Crippen LogP contribution in [0.3, 0.4) is 0 Å². The fourth-order valence-corrected chi connectivity index (χ4v) is 3.17. The highest BCUT2D eigenvalue weighted by Gasteiger charge is 2.18. The molecule has 0 radical (unpaired) electrons. The number of ether oxygens (including phenoxy) is 2. The Labute approximate surface area is 142 Å². The van der Waals surface area contributed by atoms with E-state index < -0.39 is 15.9 Å². The topological polar surface area (TPSA) is 94.6 Å². The van der Waals surface area contributed by atoms with Gasteiger partial charge < -0.3 is 9.47 Å². The van der Waals surface area contributed by atoms with Crippen LogP contribution in [-0.4, -0.2) is 26.1 Å². The van der Waals surface area contributed by atoms with Crippen LogP contribution in [0, 0.1) is 0 Å². The third-order valence-corrected chi connectivity index (χ3v) is 4.67. The fraction of sp³-hybridized carbons (Fsp3) is 0.0667. The highest BCUT2D eigenvalue weighted by Crippen LogP contribution is 2.40. The second-order valence-corrected chi connectivity index (χ2v) is 6.82. The molecular formula is C15H11ClN2O5S. The van der Waals surface area contributed by atoms with E-state index in [9.17, 15) is 13.2 Å². The lowest BCUT2D eigenvalue weighted by Crippen LogP contribution is -2.29. The molecule has 3 rings (SSSR count). The van der Waals surface area contributed by atoms with Crippen LogP contribution in [0.4, 0.5) is 0 Å². The Morgan fingerprint density at radius 3 is 2.92 bits per heavy atom. The number of carbonyl (C=O) groups is 1. The lowest BCUT2D eigenvalue weighted by molar-refractivity contribution is -0.114. The number of benzene rings is 1. The number of carbonyl (C=O) groups excluding carboxylic acids is 1. The largest absolute Gasteiger partial charge is 0.454 e. The van der Waals surface area contributed by atoms with Gasteiger partial charge in [-0.25, -0.2) is 13.1 Å². The molecule has 24 heavy (non-hydrogen) atoms. The first-order valence-electron chi connectivity index (χ1n) is 6.70. The quantitative estimate of drug-likeness (QED) is 0.831. The van der Waals surface area contributed by atoms with Crippen molar-refractivity contribution in [3.63, 3.8) is 0 Å². The van der Waals surface area contributed by atoms with Gasteiger partial charge in [0.15, 0.2) is 11.5 Å². The van der Waals surface area contributed by atoms with E-state index in [1.54, 1.807) is 12.1 Å². The van der Waals surface area contributed by atoms with Crippen LogP contribution in [0.25, 0.3) is 6.08 Å². The lowest BCUT2D eigenvalue weighted by atomic mass is 10.2. The molecule has 0 fully saturated rings. The van der Waals surface area contributed by atoms with Gasteiger partial charge in [0, 0.05) is 18.5 Å². The number of aromatic nitrogens is 1. The number of pyridine rings is 1. The number of rotatable bonds is 4. The zero-order chi connectivity index (χ0) is 17.2. The van der Waals surface area contributed by atoms with Gasteiger partial charge in [-0.1, -0.05) is 11.6 Å². The molecule has 1 N–H and O–H groups in total. The molecule has 124 valence electrons. The summed E-state index contributed by atoms with van der Waals surface area (Å²) in [7, 11) is -3.97. The number of halogens is 1. The molecule has 1 aliphatic heterocycles. The fourth-order valence-electron chi connectivity index (χ4n) is 1.99. The van der Waals surface area contributed by atoms with Crippen molar-refractivity contribution in [1.29, 1.82) is 0 Å². The molecule has 7 nitrogen and oxygen atoms in total. The molecule has 0 unspecified atom stereocenters. The molecule has 1 amide bonds. The van der Waals surface area contributed by atoms with Crippen LogP contribution in [0.1, 0.15) is 5.56 Å². The standard InChI is InChI=1S/C15H11ClN2O5S/c16-12-6-10(7-13-15(12)23-9-22-13)3-4-14(19)18-24(20,21)11-2-1-5-17-8-11/h1-8H,9H2,(H,18,19). The van der Waals surface area contributed by atoms with Gasteiger partial charge in [-0.2, -0.15) is 0 Å². The van der Waals surface area contributed by atoms with Gasteiger partial charge in [-0.3, -0.25) is 9.78 Å². The van der Waals surface area contributed by atoms with E-state index in [1.807, 2.05) is 4.72 Å². The third-order valence-electron chi connectivity index (χ3n) is 3.06. The predicted molar refractivity (Wildman–Crippen MR) is 86.2 cm³/mol. The van der Waals surface area contributed by atoms with E-state index in [4.69, 9.17) is 21.1 Å². The lowest BCUT2D eigenvalue weighted by Gasteiger charge is -2.04. The molecule has 0 bridgehead atoms. The van der Waals surface area contributed by atoms with Crippen molar-refractivity contribution >= 4 is 33.6 Å². The van der Waals surface area contributed by atoms with E-state index in [0.29, 0.717) is 22.1 Å². The Balaban J connectivity index is 1.73. The minimum Gasteiger partial charge on any atom is -0.454 e. The molecule has 2 heterocycles. The first-order valence-corrected chi connectivity index (χ1v) is 8.56. The van der Waals surface area contributed by atoms with Crippen molar-refractivity contribution < 1.29 is 22.7 Å². The molecule has 9 heteroatoms. The van der Waals surface area contributed by atoms with Gasteiger partial charge in [-0.05, 0) is 35.9 Å². The van der Waals surface area contributed by atoms with Gasteiger partial charge in [0.2, 0.25) is 6.79 Å². The average molecular weight is 367 g/mol. The number of nitrogens with one attached hydrogen (secondary N) is 1. The summed E-state index contributed by atoms with van der Waals surface area (Å²) in [6.07, 6.45) is 5.09. The van der Waals surface area contributed by atoms with Gasteiger partial charge in [0.05, 0.1) is 5.02 Å². The summed E-state index contributed by atoms with van der Waals surface area (Å²) in [4.78, 5) is 15.4. The minimum atomic E-state index is -3.97. The maximum atomic E-state index is 12.0. The Morgan fingerprint density at radius 2 is 2.17 bits per heavy atom. The van der Waals surface area contributed by atoms with Gasteiger partial charge in [0.25, 0.3) is 15.9 Å². The van der Waals surface area contributed by atoms with Crippen LogP contribution in [0.5, 0.6) is 11.5 Å². The molecular weight excluding hydrogens is 356 g/mol. The van der Waals surface area contributed by atoms with Crippen LogP contribution >= 0.6 is 11.6 Å². The smallest absolute Gasteiger partial charge is 0.265 e. The molecule has 1 aliphatic rings. The van der Waals surface area contributed by atoms with E-state index in [0.717, 1.165) is 12.3 Å². The number of sulfonamides is 1. The number of hydrogen-bond donors (Lipinski definition) is 1. The number of hydrogen-bond acceptors (Lipinski definition) is 6. The first kappa shape index (κ1) is 16.3. The first-order chi connectivity index (χ1) is 11.5. The molecule has 1 aromatic heterocycles. The van der Waals surface area contributed by atoms with Crippen molar-refractivity contribution in [3.8, 4) is 11.5 Å².